The van der Waals surface area contributed by atoms with Gasteiger partial charge in [-0.15, -0.1) is 0 Å². The van der Waals surface area contributed by atoms with Gasteiger partial charge in [0.2, 0.25) is 0 Å². The highest BCUT2D eigenvalue weighted by Gasteiger charge is 2.44. The van der Waals surface area contributed by atoms with Gasteiger partial charge in [0.05, 0.1) is 0 Å². The van der Waals surface area contributed by atoms with Gasteiger partial charge < -0.3 is 0 Å². The third-order valence-corrected chi connectivity index (χ3v) is 8.03. The molecule has 0 heteroatoms. The molecule has 24 heavy (non-hydrogen) atoms. The Kier molecular flexibility index (Phi) is 8.00. The summed E-state index contributed by atoms with van der Waals surface area (Å²) in [4.78, 5) is 0. The Balaban J connectivity index is 1.42. The van der Waals surface area contributed by atoms with Crippen molar-refractivity contribution in [1.82, 2.24) is 0 Å². The molecule has 3 fully saturated rings. The van der Waals surface area contributed by atoms with Gasteiger partial charge >= 0.3 is 0 Å². The summed E-state index contributed by atoms with van der Waals surface area (Å²) in [6.07, 6.45) is 27.7. The van der Waals surface area contributed by atoms with Crippen LogP contribution in [0.15, 0.2) is 0 Å². The zero-order chi connectivity index (χ0) is 16.6. The Bertz CT molecular complexity index is 311. The Morgan fingerprint density at radius 2 is 1.08 bits per heavy atom. The third kappa shape index (κ3) is 5.01. The minimum absolute atomic E-state index is 1.13. The van der Waals surface area contributed by atoms with Gasteiger partial charge in [-0.05, 0) is 55.3 Å². The molecule has 0 aliphatic heterocycles. The first-order valence-electron chi connectivity index (χ1n) is 11.9. The van der Waals surface area contributed by atoms with Gasteiger partial charge in [-0.2, -0.15) is 0 Å². The molecule has 3 aliphatic carbocycles. The summed E-state index contributed by atoms with van der Waals surface area (Å²) in [6.45, 7) is 2.32. The quantitative estimate of drug-likeness (QED) is 0.374. The largest absolute Gasteiger partial charge is 0.0654 e. The van der Waals surface area contributed by atoms with E-state index in [4.69, 9.17) is 0 Å². The molecule has 0 amide bonds. The van der Waals surface area contributed by atoms with Crippen molar-refractivity contribution >= 4 is 0 Å². The predicted octanol–water partition coefficient (Wildman–Crippen LogP) is 8.15. The van der Waals surface area contributed by atoms with Crippen LogP contribution in [-0.2, 0) is 0 Å². The van der Waals surface area contributed by atoms with Crippen LogP contribution in [0, 0.1) is 29.6 Å². The normalized spacial score (nSPS) is 36.1. The number of fused-ring (bicyclic) bond motifs is 2. The molecule has 140 valence electrons. The van der Waals surface area contributed by atoms with Crippen molar-refractivity contribution < 1.29 is 0 Å². The zero-order valence-corrected chi connectivity index (χ0v) is 16.6. The van der Waals surface area contributed by atoms with Crippen LogP contribution in [0.1, 0.15) is 122 Å². The van der Waals surface area contributed by atoms with Gasteiger partial charge in [-0.3, -0.25) is 0 Å². The van der Waals surface area contributed by atoms with E-state index in [1.54, 1.807) is 70.6 Å². The minimum atomic E-state index is 1.13. The second-order valence-corrected chi connectivity index (χ2v) is 9.58. The SMILES string of the molecule is CCCCCCCCCCC1C2CCCCC2CC2CCCCC21. The fourth-order valence-corrected chi connectivity index (χ4v) is 6.83. The molecule has 0 aromatic heterocycles. The van der Waals surface area contributed by atoms with E-state index in [9.17, 15) is 0 Å². The third-order valence-electron chi connectivity index (χ3n) is 8.03. The van der Waals surface area contributed by atoms with Crippen molar-refractivity contribution in [3.05, 3.63) is 0 Å². The monoisotopic (exact) mass is 332 g/mol. The first-order chi connectivity index (χ1) is 11.9. The van der Waals surface area contributed by atoms with Gasteiger partial charge in [-0.25, -0.2) is 0 Å². The summed E-state index contributed by atoms with van der Waals surface area (Å²) in [5.74, 6) is 5.69. The summed E-state index contributed by atoms with van der Waals surface area (Å²) >= 11 is 0. The second kappa shape index (κ2) is 10.2. The topological polar surface area (TPSA) is 0 Å². The standard InChI is InChI=1S/C24H44/c1-2-3-4-5-6-7-8-9-18-24-22-16-12-10-14-20(22)19-21-15-11-13-17-23(21)24/h20-24H,2-19H2,1H3. The minimum Gasteiger partial charge on any atom is -0.0654 e. The average molecular weight is 333 g/mol. The molecule has 3 rings (SSSR count). The van der Waals surface area contributed by atoms with Gasteiger partial charge in [0.15, 0.2) is 0 Å². The van der Waals surface area contributed by atoms with Crippen molar-refractivity contribution in [2.75, 3.05) is 0 Å². The average Bonchev–Trinajstić information content (AvgIpc) is 2.63. The Morgan fingerprint density at radius 1 is 0.583 bits per heavy atom. The lowest BCUT2D eigenvalue weighted by molar-refractivity contribution is -0.0161. The molecule has 0 aromatic carbocycles. The van der Waals surface area contributed by atoms with Crippen LogP contribution in [0.4, 0.5) is 0 Å². The lowest BCUT2D eigenvalue weighted by Crippen LogP contribution is -2.43. The summed E-state index contributed by atoms with van der Waals surface area (Å²) in [5, 5.41) is 0. The first kappa shape index (κ1) is 18.8. The Hall–Kier alpha value is 0. The molecule has 0 saturated heterocycles. The van der Waals surface area contributed by atoms with Gasteiger partial charge in [0.1, 0.15) is 0 Å². The van der Waals surface area contributed by atoms with Crippen LogP contribution < -0.4 is 0 Å². The molecule has 4 atom stereocenters. The molecular weight excluding hydrogens is 288 g/mol. The lowest BCUT2D eigenvalue weighted by Gasteiger charge is -2.51. The Morgan fingerprint density at radius 3 is 1.67 bits per heavy atom. The molecule has 0 spiro atoms. The van der Waals surface area contributed by atoms with E-state index in [1.807, 2.05) is 0 Å². The molecule has 3 aliphatic rings. The highest BCUT2D eigenvalue weighted by atomic mass is 14.5. The Labute approximate surface area is 152 Å². The zero-order valence-electron chi connectivity index (χ0n) is 16.6. The van der Waals surface area contributed by atoms with E-state index >= 15 is 0 Å². The first-order valence-corrected chi connectivity index (χ1v) is 11.9. The van der Waals surface area contributed by atoms with Crippen molar-refractivity contribution in [3.8, 4) is 0 Å². The highest BCUT2D eigenvalue weighted by Crippen LogP contribution is 2.54. The molecule has 0 nitrogen and oxygen atoms in total. The molecular formula is C24H44. The summed E-state index contributed by atoms with van der Waals surface area (Å²) in [6, 6.07) is 0. The smallest absolute Gasteiger partial charge is 0.0352 e. The molecule has 0 N–H and O–H groups in total. The van der Waals surface area contributed by atoms with Crippen LogP contribution in [-0.4, -0.2) is 0 Å². The van der Waals surface area contributed by atoms with E-state index < -0.39 is 0 Å². The molecule has 0 heterocycles. The summed E-state index contributed by atoms with van der Waals surface area (Å²) in [7, 11) is 0. The molecule has 3 saturated carbocycles. The van der Waals surface area contributed by atoms with Crippen molar-refractivity contribution in [3.63, 3.8) is 0 Å². The lowest BCUT2D eigenvalue weighted by atomic mass is 9.54. The molecule has 4 unspecified atom stereocenters. The summed E-state index contributed by atoms with van der Waals surface area (Å²) < 4.78 is 0. The van der Waals surface area contributed by atoms with Gasteiger partial charge in [-0.1, -0.05) is 96.8 Å². The number of hydrogen-bond donors (Lipinski definition) is 0. The van der Waals surface area contributed by atoms with Gasteiger partial charge in [0, 0.05) is 0 Å². The van der Waals surface area contributed by atoms with Crippen LogP contribution in [0.2, 0.25) is 0 Å². The summed E-state index contributed by atoms with van der Waals surface area (Å²) in [5.41, 5.74) is 0. The number of hydrogen-bond acceptors (Lipinski definition) is 0. The van der Waals surface area contributed by atoms with E-state index in [1.165, 1.54) is 44.9 Å². The second-order valence-electron chi connectivity index (χ2n) is 9.58. The van der Waals surface area contributed by atoms with E-state index in [0.29, 0.717) is 0 Å². The van der Waals surface area contributed by atoms with Crippen molar-refractivity contribution in [2.45, 2.75) is 122 Å². The van der Waals surface area contributed by atoms with Crippen molar-refractivity contribution in [1.29, 1.82) is 0 Å². The van der Waals surface area contributed by atoms with E-state index in [-0.39, 0.29) is 0 Å². The predicted molar refractivity (Wildman–Crippen MR) is 106 cm³/mol. The maximum Gasteiger partial charge on any atom is -0.0352 e. The fourth-order valence-electron chi connectivity index (χ4n) is 6.83. The van der Waals surface area contributed by atoms with E-state index in [0.717, 1.165) is 29.6 Å². The van der Waals surface area contributed by atoms with Crippen LogP contribution in [0.3, 0.4) is 0 Å². The van der Waals surface area contributed by atoms with Crippen LogP contribution in [0.5, 0.6) is 0 Å². The molecule has 0 aromatic rings. The molecule has 0 radical (unpaired) electrons. The van der Waals surface area contributed by atoms with Crippen molar-refractivity contribution in [2.24, 2.45) is 29.6 Å². The fraction of sp³-hybridized carbons (Fsp3) is 1.00. The van der Waals surface area contributed by atoms with Gasteiger partial charge in [0.25, 0.3) is 0 Å². The number of unbranched alkanes of at least 4 members (excludes halogenated alkanes) is 7. The molecule has 0 bridgehead atoms. The highest BCUT2D eigenvalue weighted by molar-refractivity contribution is 4.94. The number of rotatable bonds is 9. The van der Waals surface area contributed by atoms with Crippen LogP contribution >= 0.6 is 0 Å². The maximum atomic E-state index is 2.32. The van der Waals surface area contributed by atoms with E-state index in [2.05, 4.69) is 6.92 Å². The van der Waals surface area contributed by atoms with Crippen LogP contribution in [0.25, 0.3) is 0 Å². The maximum absolute atomic E-state index is 2.32.